The number of aliphatic hydroxyl groups excluding tert-OH is 1. The van der Waals surface area contributed by atoms with Crippen LogP contribution in [0.3, 0.4) is 0 Å². The first kappa shape index (κ1) is 22.5. The molecule has 8 nitrogen and oxygen atoms in total. The van der Waals surface area contributed by atoms with Crippen LogP contribution in [-0.4, -0.2) is 57.3 Å². The van der Waals surface area contributed by atoms with E-state index in [9.17, 15) is 14.7 Å². The van der Waals surface area contributed by atoms with E-state index in [0.717, 1.165) is 51.5 Å². The number of anilines is 1. The second-order valence-electron chi connectivity index (χ2n) is 11.0. The number of aromatic nitrogens is 2. The summed E-state index contributed by atoms with van der Waals surface area (Å²) in [4.78, 5) is 37.2. The minimum atomic E-state index is -0.572. The van der Waals surface area contributed by atoms with Crippen molar-refractivity contribution in [2.45, 2.75) is 68.5 Å². The van der Waals surface area contributed by atoms with Gasteiger partial charge in [0.2, 0.25) is 0 Å². The van der Waals surface area contributed by atoms with Gasteiger partial charge >= 0.3 is 5.97 Å². The van der Waals surface area contributed by atoms with E-state index in [-0.39, 0.29) is 24.1 Å². The predicted molar refractivity (Wildman–Crippen MR) is 129 cm³/mol. The molecule has 35 heavy (non-hydrogen) atoms. The SMILES string of the molecule is O=C(NC12CC3CC(C1)CC(OC(=O)c1cccc(N4CCCC4CO)n1)(C3)C2)c1ccccn1. The van der Waals surface area contributed by atoms with Gasteiger partial charge in [-0.15, -0.1) is 0 Å². The van der Waals surface area contributed by atoms with E-state index in [4.69, 9.17) is 4.74 Å². The van der Waals surface area contributed by atoms with E-state index in [1.165, 1.54) is 0 Å². The van der Waals surface area contributed by atoms with Crippen LogP contribution in [0.4, 0.5) is 5.82 Å². The summed E-state index contributed by atoms with van der Waals surface area (Å²) in [6, 6.07) is 10.8. The van der Waals surface area contributed by atoms with Crippen LogP contribution in [0, 0.1) is 11.8 Å². The molecule has 1 saturated heterocycles. The van der Waals surface area contributed by atoms with Gasteiger partial charge in [-0.25, -0.2) is 9.78 Å². The van der Waals surface area contributed by atoms with E-state index in [1.54, 1.807) is 24.4 Å². The highest BCUT2D eigenvalue weighted by atomic mass is 16.6. The molecule has 184 valence electrons. The number of nitrogens with one attached hydrogen (secondary N) is 1. The Morgan fingerprint density at radius 1 is 1.09 bits per heavy atom. The molecule has 3 unspecified atom stereocenters. The second-order valence-corrected chi connectivity index (χ2v) is 11.0. The predicted octanol–water partition coefficient (Wildman–Crippen LogP) is 3.12. The summed E-state index contributed by atoms with van der Waals surface area (Å²) in [7, 11) is 0. The van der Waals surface area contributed by atoms with Gasteiger partial charge in [-0.05, 0) is 81.0 Å². The maximum Gasteiger partial charge on any atom is 0.357 e. The molecule has 2 N–H and O–H groups in total. The Morgan fingerprint density at radius 3 is 2.63 bits per heavy atom. The Balaban J connectivity index is 1.21. The highest BCUT2D eigenvalue weighted by Crippen LogP contribution is 2.59. The Kier molecular flexibility index (Phi) is 5.51. The molecule has 2 aromatic rings. The summed E-state index contributed by atoms with van der Waals surface area (Å²) in [6.45, 7) is 0.900. The summed E-state index contributed by atoms with van der Waals surface area (Å²) in [6.07, 6.45) is 8.85. The number of aliphatic hydroxyl groups is 1. The lowest BCUT2D eigenvalue weighted by molar-refractivity contribution is -0.144. The third-order valence-corrected chi connectivity index (χ3v) is 8.42. The number of carbonyl (C=O) groups excluding carboxylic acids is 2. The van der Waals surface area contributed by atoms with Crippen LogP contribution in [0.2, 0.25) is 0 Å². The standard InChI is InChI=1S/C27H32N4O4/c32-16-20-5-4-10-31(20)23-8-3-7-22(29-23)25(34)35-27-14-18-11-19(15-27)13-26(12-18,17-27)30-24(33)21-6-1-2-9-28-21/h1-3,6-9,18-20,32H,4-5,10-17H2,(H,30,33). The highest BCUT2D eigenvalue weighted by Gasteiger charge is 2.60. The molecule has 1 aliphatic heterocycles. The quantitative estimate of drug-likeness (QED) is 0.617. The van der Waals surface area contributed by atoms with E-state index < -0.39 is 11.6 Å². The summed E-state index contributed by atoms with van der Waals surface area (Å²) in [5.41, 5.74) is -0.220. The number of hydrogen-bond acceptors (Lipinski definition) is 7. The zero-order valence-corrected chi connectivity index (χ0v) is 19.9. The number of hydrogen-bond donors (Lipinski definition) is 2. The van der Waals surface area contributed by atoms with Crippen LogP contribution in [-0.2, 0) is 4.74 Å². The molecule has 1 amide bonds. The van der Waals surface area contributed by atoms with Crippen LogP contribution < -0.4 is 10.2 Å². The Morgan fingerprint density at radius 2 is 1.89 bits per heavy atom. The third-order valence-electron chi connectivity index (χ3n) is 8.42. The molecule has 2 aromatic heterocycles. The van der Waals surface area contributed by atoms with Gasteiger partial charge in [-0.2, -0.15) is 0 Å². The fourth-order valence-electron chi connectivity index (χ4n) is 7.52. The average Bonchev–Trinajstić information content (AvgIpc) is 3.32. The van der Waals surface area contributed by atoms with Crippen LogP contribution >= 0.6 is 0 Å². The van der Waals surface area contributed by atoms with Crippen molar-refractivity contribution in [3.05, 3.63) is 54.0 Å². The Bertz CT molecular complexity index is 1110. The van der Waals surface area contributed by atoms with E-state index in [1.807, 2.05) is 18.2 Å². The van der Waals surface area contributed by atoms with Crippen molar-refractivity contribution in [2.75, 3.05) is 18.1 Å². The van der Waals surface area contributed by atoms with Gasteiger partial charge in [-0.3, -0.25) is 9.78 Å². The maximum atomic E-state index is 13.3. The molecule has 0 spiro atoms. The molecule has 5 aliphatic rings. The normalized spacial score (nSPS) is 33.1. The Labute approximate surface area is 205 Å². The lowest BCUT2D eigenvalue weighted by Crippen LogP contribution is -2.66. The first-order chi connectivity index (χ1) is 17.0. The Hall–Kier alpha value is -3.00. The number of pyridine rings is 2. The van der Waals surface area contributed by atoms with Crippen LogP contribution in [0.25, 0.3) is 0 Å². The fourth-order valence-corrected chi connectivity index (χ4v) is 7.52. The summed E-state index contributed by atoms with van der Waals surface area (Å²) in [5.74, 6) is 1.01. The average molecular weight is 477 g/mol. The molecule has 3 heterocycles. The summed E-state index contributed by atoms with van der Waals surface area (Å²) >= 11 is 0. The minimum Gasteiger partial charge on any atom is -0.454 e. The molecule has 8 heteroatoms. The smallest absolute Gasteiger partial charge is 0.357 e. The van der Waals surface area contributed by atoms with Gasteiger partial charge in [0, 0.05) is 24.7 Å². The van der Waals surface area contributed by atoms with Crippen molar-refractivity contribution >= 4 is 17.7 Å². The lowest BCUT2D eigenvalue weighted by Gasteiger charge is -2.61. The molecule has 0 radical (unpaired) electrons. The second kappa shape index (κ2) is 8.59. The number of esters is 1. The highest BCUT2D eigenvalue weighted by molar-refractivity contribution is 5.92. The van der Waals surface area contributed by atoms with E-state index >= 15 is 0 Å². The van der Waals surface area contributed by atoms with Gasteiger partial charge in [0.25, 0.3) is 5.91 Å². The van der Waals surface area contributed by atoms with Crippen molar-refractivity contribution < 1.29 is 19.4 Å². The van der Waals surface area contributed by atoms with Gasteiger partial charge in [0.05, 0.1) is 12.6 Å². The molecule has 3 atom stereocenters. The first-order valence-electron chi connectivity index (χ1n) is 12.8. The fraction of sp³-hybridized carbons (Fsp3) is 0.556. The number of nitrogens with zero attached hydrogens (tertiary/aromatic N) is 3. The zero-order valence-electron chi connectivity index (χ0n) is 19.9. The molecular formula is C27H32N4O4. The zero-order chi connectivity index (χ0) is 24.0. The lowest BCUT2D eigenvalue weighted by atomic mass is 9.51. The first-order valence-corrected chi connectivity index (χ1v) is 12.8. The molecule has 4 bridgehead atoms. The third kappa shape index (κ3) is 4.18. The summed E-state index contributed by atoms with van der Waals surface area (Å²) in [5, 5.41) is 13.0. The van der Waals surface area contributed by atoms with Crippen LogP contribution in [0.1, 0.15) is 72.3 Å². The van der Waals surface area contributed by atoms with Gasteiger partial charge < -0.3 is 20.1 Å². The van der Waals surface area contributed by atoms with E-state index in [2.05, 4.69) is 20.2 Å². The molecule has 4 aliphatic carbocycles. The molecule has 4 saturated carbocycles. The van der Waals surface area contributed by atoms with Crippen molar-refractivity contribution in [2.24, 2.45) is 11.8 Å². The number of amides is 1. The molecule has 0 aromatic carbocycles. The maximum absolute atomic E-state index is 13.3. The van der Waals surface area contributed by atoms with Crippen LogP contribution in [0.15, 0.2) is 42.6 Å². The van der Waals surface area contributed by atoms with Gasteiger partial charge in [-0.1, -0.05) is 12.1 Å². The van der Waals surface area contributed by atoms with Crippen molar-refractivity contribution in [3.8, 4) is 0 Å². The summed E-state index contributed by atoms with van der Waals surface area (Å²) < 4.78 is 6.28. The van der Waals surface area contributed by atoms with E-state index in [0.29, 0.717) is 35.5 Å². The largest absolute Gasteiger partial charge is 0.454 e. The number of carbonyl (C=O) groups is 2. The van der Waals surface area contributed by atoms with Crippen molar-refractivity contribution in [1.82, 2.24) is 15.3 Å². The molecule has 5 fully saturated rings. The topological polar surface area (TPSA) is 105 Å². The van der Waals surface area contributed by atoms with Crippen molar-refractivity contribution in [3.63, 3.8) is 0 Å². The monoisotopic (exact) mass is 476 g/mol. The number of rotatable bonds is 6. The van der Waals surface area contributed by atoms with Gasteiger partial charge in [0.15, 0.2) is 5.69 Å². The minimum absolute atomic E-state index is 0.0412. The molecule has 7 rings (SSSR count). The molecular weight excluding hydrogens is 444 g/mol. The van der Waals surface area contributed by atoms with Crippen molar-refractivity contribution in [1.29, 1.82) is 0 Å². The number of ether oxygens (including phenoxy) is 1. The van der Waals surface area contributed by atoms with Gasteiger partial charge in [0.1, 0.15) is 17.1 Å². The van der Waals surface area contributed by atoms with Crippen LogP contribution in [0.5, 0.6) is 0 Å².